The highest BCUT2D eigenvalue weighted by atomic mass is 79.9. The number of thioether (sulfide) groups is 1. The summed E-state index contributed by atoms with van der Waals surface area (Å²) < 4.78 is 6.12. The molecule has 0 saturated carbocycles. The molecule has 1 aromatic rings. The SMILES string of the molecule is CCOC(=O)C(C)(CSc1cccc(Br)c1)NC. The maximum atomic E-state index is 11.9. The predicted molar refractivity (Wildman–Crippen MR) is 79.0 cm³/mol. The average molecular weight is 332 g/mol. The lowest BCUT2D eigenvalue weighted by atomic mass is 10.1. The molecule has 0 fully saturated rings. The molecule has 0 aliphatic rings. The quantitative estimate of drug-likeness (QED) is 0.642. The Bertz CT molecular complexity index is 414. The van der Waals surface area contributed by atoms with Crippen LogP contribution < -0.4 is 5.32 Å². The monoisotopic (exact) mass is 331 g/mol. The summed E-state index contributed by atoms with van der Waals surface area (Å²) in [6.07, 6.45) is 0. The molecule has 1 atom stereocenters. The molecule has 5 heteroatoms. The minimum absolute atomic E-state index is 0.213. The Morgan fingerprint density at radius 2 is 2.28 bits per heavy atom. The second-order valence-corrected chi connectivity index (χ2v) is 6.01. The van der Waals surface area contributed by atoms with Crippen LogP contribution in [0.1, 0.15) is 13.8 Å². The van der Waals surface area contributed by atoms with Crippen LogP contribution in [-0.2, 0) is 9.53 Å². The van der Waals surface area contributed by atoms with E-state index >= 15 is 0 Å². The van der Waals surface area contributed by atoms with Crippen LogP contribution in [0, 0.1) is 0 Å². The van der Waals surface area contributed by atoms with Gasteiger partial charge in [0, 0.05) is 15.1 Å². The number of nitrogens with one attached hydrogen (secondary N) is 1. The first-order valence-corrected chi connectivity index (χ1v) is 7.54. The Kier molecular flexibility index (Phi) is 6.18. The maximum Gasteiger partial charge on any atom is 0.326 e. The molecule has 0 heterocycles. The third-order valence-corrected chi connectivity index (χ3v) is 4.40. The highest BCUT2D eigenvalue weighted by Gasteiger charge is 2.32. The average Bonchev–Trinajstić information content (AvgIpc) is 2.36. The molecule has 1 unspecified atom stereocenters. The van der Waals surface area contributed by atoms with E-state index in [1.54, 1.807) is 18.8 Å². The number of ether oxygens (including phenoxy) is 1. The Labute approximate surface area is 121 Å². The third-order valence-electron chi connectivity index (χ3n) is 2.60. The molecule has 100 valence electrons. The zero-order valence-corrected chi connectivity index (χ0v) is 13.2. The zero-order valence-electron chi connectivity index (χ0n) is 10.8. The standard InChI is InChI=1S/C13H18BrNO2S/c1-4-17-12(16)13(2,15-3)9-18-11-7-5-6-10(14)8-11/h5-8,15H,4,9H2,1-3H3. The highest BCUT2D eigenvalue weighted by molar-refractivity contribution is 9.10. The molecule has 1 aromatic carbocycles. The summed E-state index contributed by atoms with van der Waals surface area (Å²) in [5.41, 5.74) is -0.664. The molecule has 0 aromatic heterocycles. The van der Waals surface area contributed by atoms with Crippen molar-refractivity contribution in [1.29, 1.82) is 0 Å². The van der Waals surface area contributed by atoms with Crippen LogP contribution in [0.2, 0.25) is 0 Å². The number of rotatable bonds is 6. The van der Waals surface area contributed by atoms with Gasteiger partial charge in [0.05, 0.1) is 6.61 Å². The van der Waals surface area contributed by atoms with Gasteiger partial charge in [-0.2, -0.15) is 0 Å². The van der Waals surface area contributed by atoms with Gasteiger partial charge in [-0.25, -0.2) is 0 Å². The van der Waals surface area contributed by atoms with Crippen molar-refractivity contribution < 1.29 is 9.53 Å². The fraction of sp³-hybridized carbons (Fsp3) is 0.462. The topological polar surface area (TPSA) is 38.3 Å². The Balaban J connectivity index is 2.66. The molecule has 0 aliphatic heterocycles. The summed E-state index contributed by atoms with van der Waals surface area (Å²) in [4.78, 5) is 13.0. The summed E-state index contributed by atoms with van der Waals surface area (Å²) in [5, 5.41) is 3.04. The fourth-order valence-electron chi connectivity index (χ4n) is 1.31. The fourth-order valence-corrected chi connectivity index (χ4v) is 2.96. The summed E-state index contributed by atoms with van der Waals surface area (Å²) in [7, 11) is 1.78. The van der Waals surface area contributed by atoms with Gasteiger partial charge in [0.15, 0.2) is 0 Å². The van der Waals surface area contributed by atoms with Gasteiger partial charge in [-0.3, -0.25) is 4.79 Å². The van der Waals surface area contributed by atoms with Crippen LogP contribution in [0.5, 0.6) is 0 Å². The molecule has 0 radical (unpaired) electrons. The van der Waals surface area contributed by atoms with Gasteiger partial charge in [-0.05, 0) is 39.1 Å². The second-order valence-electron chi connectivity index (χ2n) is 4.05. The molecule has 1 N–H and O–H groups in total. The van der Waals surface area contributed by atoms with E-state index in [2.05, 4.69) is 21.2 Å². The summed E-state index contributed by atoms with van der Waals surface area (Å²) >= 11 is 5.06. The van der Waals surface area contributed by atoms with Crippen LogP contribution in [0.15, 0.2) is 33.6 Å². The first-order valence-electron chi connectivity index (χ1n) is 5.76. The third kappa shape index (κ3) is 4.30. The number of hydrogen-bond acceptors (Lipinski definition) is 4. The predicted octanol–water partition coefficient (Wildman–Crippen LogP) is 3.08. The van der Waals surface area contributed by atoms with Gasteiger partial charge in [-0.1, -0.05) is 22.0 Å². The lowest BCUT2D eigenvalue weighted by Crippen LogP contribution is -2.50. The summed E-state index contributed by atoms with van der Waals surface area (Å²) in [6, 6.07) is 8.02. The molecule has 18 heavy (non-hydrogen) atoms. The van der Waals surface area contributed by atoms with Gasteiger partial charge in [0.2, 0.25) is 0 Å². The number of carbonyl (C=O) groups excluding carboxylic acids is 1. The first-order chi connectivity index (χ1) is 8.51. The van der Waals surface area contributed by atoms with Gasteiger partial charge < -0.3 is 10.1 Å². The lowest BCUT2D eigenvalue weighted by molar-refractivity contribution is -0.149. The summed E-state index contributed by atoms with van der Waals surface area (Å²) in [5.74, 6) is 0.411. The molecule has 0 bridgehead atoms. The van der Waals surface area contributed by atoms with E-state index in [0.29, 0.717) is 12.4 Å². The first kappa shape index (κ1) is 15.5. The minimum atomic E-state index is -0.664. The van der Waals surface area contributed by atoms with Crippen molar-refractivity contribution in [2.24, 2.45) is 0 Å². The van der Waals surface area contributed by atoms with Crippen LogP contribution in [0.3, 0.4) is 0 Å². The van der Waals surface area contributed by atoms with Crippen molar-refractivity contribution in [2.45, 2.75) is 24.3 Å². The molecule has 0 amide bonds. The number of hydrogen-bond donors (Lipinski definition) is 1. The van der Waals surface area contributed by atoms with Gasteiger partial charge in [0.1, 0.15) is 5.54 Å². The number of esters is 1. The number of benzene rings is 1. The molecule has 1 rings (SSSR count). The van der Waals surface area contributed by atoms with E-state index in [-0.39, 0.29) is 5.97 Å². The number of halogens is 1. The van der Waals surface area contributed by atoms with Crippen LogP contribution in [0.4, 0.5) is 0 Å². The smallest absolute Gasteiger partial charge is 0.326 e. The van der Waals surface area contributed by atoms with Crippen molar-refractivity contribution in [3.63, 3.8) is 0 Å². The van der Waals surface area contributed by atoms with Crippen molar-refractivity contribution in [1.82, 2.24) is 5.32 Å². The van der Waals surface area contributed by atoms with Gasteiger partial charge >= 0.3 is 5.97 Å². The van der Waals surface area contributed by atoms with Crippen molar-refractivity contribution >= 4 is 33.7 Å². The maximum absolute atomic E-state index is 11.9. The van der Waals surface area contributed by atoms with E-state index in [4.69, 9.17) is 4.74 Å². The largest absolute Gasteiger partial charge is 0.465 e. The van der Waals surface area contributed by atoms with E-state index in [9.17, 15) is 4.79 Å². The molecule has 0 spiro atoms. The van der Waals surface area contributed by atoms with Crippen LogP contribution >= 0.6 is 27.7 Å². The second kappa shape index (κ2) is 7.16. The Hall–Kier alpha value is -0.520. The summed E-state index contributed by atoms with van der Waals surface area (Å²) in [6.45, 7) is 4.07. The molecule has 3 nitrogen and oxygen atoms in total. The van der Waals surface area contributed by atoms with Crippen LogP contribution in [-0.4, -0.2) is 30.9 Å². The Morgan fingerprint density at radius 1 is 1.56 bits per heavy atom. The van der Waals surface area contributed by atoms with E-state index < -0.39 is 5.54 Å². The van der Waals surface area contributed by atoms with Crippen molar-refractivity contribution in [3.05, 3.63) is 28.7 Å². The molecular weight excluding hydrogens is 314 g/mol. The Morgan fingerprint density at radius 3 is 2.83 bits per heavy atom. The van der Waals surface area contributed by atoms with Gasteiger partial charge in [0.25, 0.3) is 0 Å². The highest BCUT2D eigenvalue weighted by Crippen LogP contribution is 2.25. The lowest BCUT2D eigenvalue weighted by Gasteiger charge is -2.26. The number of likely N-dealkylation sites (N-methyl/N-ethyl adjacent to an activating group) is 1. The van der Waals surface area contributed by atoms with E-state index in [0.717, 1.165) is 9.37 Å². The zero-order chi connectivity index (χ0) is 13.6. The van der Waals surface area contributed by atoms with E-state index in [1.807, 2.05) is 38.1 Å². The van der Waals surface area contributed by atoms with Gasteiger partial charge in [-0.15, -0.1) is 11.8 Å². The van der Waals surface area contributed by atoms with Crippen molar-refractivity contribution in [2.75, 3.05) is 19.4 Å². The van der Waals surface area contributed by atoms with E-state index in [1.165, 1.54) is 0 Å². The molecule has 0 saturated heterocycles. The molecular formula is C13H18BrNO2S. The molecule has 0 aliphatic carbocycles. The minimum Gasteiger partial charge on any atom is -0.465 e. The van der Waals surface area contributed by atoms with Crippen molar-refractivity contribution in [3.8, 4) is 0 Å². The normalized spacial score (nSPS) is 14.0. The van der Waals surface area contributed by atoms with Crippen LogP contribution in [0.25, 0.3) is 0 Å². The number of carbonyl (C=O) groups is 1.